The quantitative estimate of drug-likeness (QED) is 0.849. The van der Waals surface area contributed by atoms with Crippen molar-refractivity contribution >= 4 is 5.91 Å². The minimum absolute atomic E-state index is 0.217. The third-order valence-electron chi connectivity index (χ3n) is 5.74. The highest BCUT2D eigenvalue weighted by Crippen LogP contribution is 2.32. The van der Waals surface area contributed by atoms with Crippen molar-refractivity contribution in [3.63, 3.8) is 0 Å². The van der Waals surface area contributed by atoms with Gasteiger partial charge in [0.15, 0.2) is 0 Å². The van der Waals surface area contributed by atoms with E-state index in [0.29, 0.717) is 13.2 Å². The van der Waals surface area contributed by atoms with Crippen LogP contribution in [0.5, 0.6) is 0 Å². The predicted octanol–water partition coefficient (Wildman–Crippen LogP) is 2.29. The predicted molar refractivity (Wildman–Crippen MR) is 88.5 cm³/mol. The van der Waals surface area contributed by atoms with Gasteiger partial charge in [-0.1, -0.05) is 18.0 Å². The van der Waals surface area contributed by atoms with Gasteiger partial charge >= 0.3 is 0 Å². The van der Waals surface area contributed by atoms with Gasteiger partial charge in [0, 0.05) is 12.6 Å². The summed E-state index contributed by atoms with van der Waals surface area (Å²) in [7, 11) is 0. The number of nitrogens with zero attached hydrogens (tertiary/aromatic N) is 3. The molecule has 0 spiro atoms. The Morgan fingerprint density at radius 3 is 2.96 bits per heavy atom. The summed E-state index contributed by atoms with van der Waals surface area (Å²) >= 11 is 0. The average Bonchev–Trinajstić information content (AvgIpc) is 3.23. The average molecular weight is 333 g/mol. The van der Waals surface area contributed by atoms with Gasteiger partial charge in [0.1, 0.15) is 11.5 Å². The molecule has 0 N–H and O–H groups in total. The summed E-state index contributed by atoms with van der Waals surface area (Å²) in [5.74, 6) is 1.09. The molecule has 6 heteroatoms. The summed E-state index contributed by atoms with van der Waals surface area (Å²) in [6.07, 6.45) is 7.03. The van der Waals surface area contributed by atoms with E-state index in [1.807, 2.05) is 13.0 Å². The summed E-state index contributed by atoms with van der Waals surface area (Å²) in [6, 6.07) is 2.50. The van der Waals surface area contributed by atoms with Gasteiger partial charge in [-0.25, -0.2) is 0 Å². The molecule has 6 nitrogen and oxygen atoms in total. The molecule has 3 fully saturated rings. The fourth-order valence-electron chi connectivity index (χ4n) is 4.56. The molecule has 3 atom stereocenters. The van der Waals surface area contributed by atoms with Gasteiger partial charge in [0.05, 0.1) is 31.3 Å². The highest BCUT2D eigenvalue weighted by Gasteiger charge is 2.38. The third-order valence-corrected chi connectivity index (χ3v) is 5.74. The van der Waals surface area contributed by atoms with E-state index in [2.05, 4.69) is 15.0 Å². The number of aromatic nitrogens is 1. The lowest BCUT2D eigenvalue weighted by molar-refractivity contribution is -0.150. The first kappa shape index (κ1) is 16.1. The Morgan fingerprint density at radius 1 is 1.25 bits per heavy atom. The number of likely N-dealkylation sites (tertiary alicyclic amines) is 1. The Balaban J connectivity index is 1.43. The van der Waals surface area contributed by atoms with Crippen molar-refractivity contribution in [3.8, 4) is 0 Å². The first-order valence-electron chi connectivity index (χ1n) is 9.31. The first-order chi connectivity index (χ1) is 11.7. The number of morpholine rings is 1. The zero-order chi connectivity index (χ0) is 16.5. The second-order valence-corrected chi connectivity index (χ2v) is 7.34. The zero-order valence-corrected chi connectivity index (χ0v) is 14.4. The molecule has 132 valence electrons. The minimum Gasteiger partial charge on any atom is -0.374 e. The number of carbonyl (C=O) groups is 1. The van der Waals surface area contributed by atoms with Gasteiger partial charge < -0.3 is 14.2 Å². The molecule has 1 amide bonds. The molecule has 2 aliphatic heterocycles. The molecular formula is C18H27N3O3. The van der Waals surface area contributed by atoms with Gasteiger partial charge in [0.25, 0.3) is 0 Å². The maximum atomic E-state index is 13.0. The largest absolute Gasteiger partial charge is 0.374 e. The van der Waals surface area contributed by atoms with Crippen LogP contribution in [0.1, 0.15) is 56.0 Å². The Hall–Kier alpha value is -1.40. The molecule has 24 heavy (non-hydrogen) atoms. The Bertz CT molecular complexity index is 586. The molecule has 3 unspecified atom stereocenters. The summed E-state index contributed by atoms with van der Waals surface area (Å²) in [4.78, 5) is 17.3. The van der Waals surface area contributed by atoms with Crippen LogP contribution in [0.3, 0.4) is 0 Å². The van der Waals surface area contributed by atoms with Crippen molar-refractivity contribution in [2.24, 2.45) is 0 Å². The molecule has 4 rings (SSSR count). The lowest BCUT2D eigenvalue weighted by Gasteiger charge is -2.44. The maximum Gasteiger partial charge on any atom is 0.237 e. The molecule has 1 aromatic heterocycles. The van der Waals surface area contributed by atoms with Crippen LogP contribution in [0.2, 0.25) is 0 Å². The fourth-order valence-corrected chi connectivity index (χ4v) is 4.56. The number of carbonyl (C=O) groups excluding carboxylic acids is 1. The lowest BCUT2D eigenvalue weighted by atomic mass is 9.90. The minimum atomic E-state index is 0.217. The van der Waals surface area contributed by atoms with Crippen molar-refractivity contribution in [2.75, 3.05) is 26.2 Å². The summed E-state index contributed by atoms with van der Waals surface area (Å²) in [5.41, 5.74) is 0.968. The highest BCUT2D eigenvalue weighted by atomic mass is 16.5. The Morgan fingerprint density at radius 2 is 2.12 bits per heavy atom. The number of hydrogen-bond donors (Lipinski definition) is 0. The monoisotopic (exact) mass is 333 g/mol. The molecule has 3 aliphatic rings. The van der Waals surface area contributed by atoms with E-state index in [-0.39, 0.29) is 24.1 Å². The lowest BCUT2D eigenvalue weighted by Crippen LogP contribution is -2.56. The fraction of sp³-hybridized carbons (Fsp3) is 0.778. The van der Waals surface area contributed by atoms with Crippen LogP contribution in [0.4, 0.5) is 0 Å². The third kappa shape index (κ3) is 3.09. The first-order valence-corrected chi connectivity index (χ1v) is 9.31. The Labute approximate surface area is 143 Å². The highest BCUT2D eigenvalue weighted by molar-refractivity contribution is 5.79. The van der Waals surface area contributed by atoms with Crippen LogP contribution in [0.15, 0.2) is 10.6 Å². The van der Waals surface area contributed by atoms with Gasteiger partial charge in [-0.2, -0.15) is 0 Å². The summed E-state index contributed by atoms with van der Waals surface area (Å²) < 4.78 is 11.1. The van der Waals surface area contributed by atoms with Crippen molar-refractivity contribution < 1.29 is 14.1 Å². The molecule has 0 radical (unpaired) electrons. The van der Waals surface area contributed by atoms with E-state index < -0.39 is 0 Å². The Kier molecular flexibility index (Phi) is 4.59. The van der Waals surface area contributed by atoms with Gasteiger partial charge in [0.2, 0.25) is 5.91 Å². The number of fused-ring (bicyclic) bond motifs is 1. The zero-order valence-electron chi connectivity index (χ0n) is 14.4. The summed E-state index contributed by atoms with van der Waals surface area (Å²) in [5, 5.41) is 4.17. The molecule has 1 aliphatic carbocycles. The standard InChI is InChI=1S/C18H27N3O3/c1-13-11-14(19-24-13)15-6-4-8-20(15)12-18(22)21-9-10-23-17-7-3-2-5-16(17)21/h11,15-17H,2-10,12H2,1H3. The van der Waals surface area contributed by atoms with Crippen LogP contribution in [-0.2, 0) is 9.53 Å². The molecule has 2 saturated heterocycles. The number of hydrogen-bond acceptors (Lipinski definition) is 5. The van der Waals surface area contributed by atoms with E-state index in [1.54, 1.807) is 0 Å². The number of aryl methyl sites for hydroxylation is 1. The topological polar surface area (TPSA) is 58.8 Å². The van der Waals surface area contributed by atoms with E-state index in [9.17, 15) is 4.79 Å². The van der Waals surface area contributed by atoms with Crippen molar-refractivity contribution in [1.82, 2.24) is 15.0 Å². The van der Waals surface area contributed by atoms with Crippen LogP contribution < -0.4 is 0 Å². The van der Waals surface area contributed by atoms with Crippen LogP contribution in [0.25, 0.3) is 0 Å². The van der Waals surface area contributed by atoms with Gasteiger partial charge in [-0.3, -0.25) is 9.69 Å². The number of rotatable bonds is 3. The van der Waals surface area contributed by atoms with Crippen LogP contribution in [0, 0.1) is 6.92 Å². The number of ether oxygens (including phenoxy) is 1. The maximum absolute atomic E-state index is 13.0. The normalized spacial score (nSPS) is 31.2. The molecule has 1 aromatic rings. The van der Waals surface area contributed by atoms with E-state index in [4.69, 9.17) is 9.26 Å². The van der Waals surface area contributed by atoms with Crippen molar-refractivity contribution in [3.05, 3.63) is 17.5 Å². The molecular weight excluding hydrogens is 306 g/mol. The van der Waals surface area contributed by atoms with Crippen LogP contribution in [-0.4, -0.2) is 59.3 Å². The van der Waals surface area contributed by atoms with E-state index in [1.165, 1.54) is 12.8 Å². The van der Waals surface area contributed by atoms with Gasteiger partial charge in [-0.15, -0.1) is 0 Å². The smallest absolute Gasteiger partial charge is 0.237 e. The molecule has 1 saturated carbocycles. The van der Waals surface area contributed by atoms with Crippen LogP contribution >= 0.6 is 0 Å². The molecule has 0 aromatic carbocycles. The second kappa shape index (κ2) is 6.84. The molecule has 0 bridgehead atoms. The van der Waals surface area contributed by atoms with Crippen molar-refractivity contribution in [2.45, 2.75) is 63.6 Å². The van der Waals surface area contributed by atoms with E-state index >= 15 is 0 Å². The van der Waals surface area contributed by atoms with E-state index in [0.717, 1.165) is 50.2 Å². The van der Waals surface area contributed by atoms with Gasteiger partial charge in [-0.05, 0) is 39.2 Å². The SMILES string of the molecule is Cc1cc(C2CCCN2CC(=O)N2CCOC3CCCCC32)no1. The molecule has 3 heterocycles. The number of amides is 1. The van der Waals surface area contributed by atoms with Crippen molar-refractivity contribution in [1.29, 1.82) is 0 Å². The summed E-state index contributed by atoms with van der Waals surface area (Å²) in [6.45, 7) is 4.78. The second-order valence-electron chi connectivity index (χ2n) is 7.34.